The minimum atomic E-state index is 0.264. The molecule has 0 aliphatic carbocycles. The summed E-state index contributed by atoms with van der Waals surface area (Å²) in [5.74, 6) is 1.71. The van der Waals surface area contributed by atoms with E-state index in [9.17, 15) is 0 Å². The Hall–Kier alpha value is -3.31. The van der Waals surface area contributed by atoms with Crippen LogP contribution in [0.25, 0.3) is 0 Å². The summed E-state index contributed by atoms with van der Waals surface area (Å²) in [4.78, 5) is 20.0. The summed E-state index contributed by atoms with van der Waals surface area (Å²) in [6.07, 6.45) is 11.2. The Morgan fingerprint density at radius 2 is 2.11 bits per heavy atom. The number of anilines is 2. The molecule has 136 valence electrons. The van der Waals surface area contributed by atoms with Gasteiger partial charge in [-0.15, -0.1) is 0 Å². The van der Waals surface area contributed by atoms with Crippen molar-refractivity contribution in [2.45, 2.75) is 25.4 Å². The van der Waals surface area contributed by atoms with Crippen LogP contribution >= 0.6 is 0 Å². The lowest BCUT2D eigenvalue weighted by molar-refractivity contribution is 0.235. The average Bonchev–Trinajstić information content (AvgIpc) is 3.33. The number of nitrogens with one attached hydrogen (secondary N) is 1. The van der Waals surface area contributed by atoms with Crippen molar-refractivity contribution in [3.05, 3.63) is 60.3 Å². The normalized spacial score (nSPS) is 17.0. The van der Waals surface area contributed by atoms with Crippen LogP contribution in [0.2, 0.25) is 0 Å². The van der Waals surface area contributed by atoms with Crippen LogP contribution in [0, 0.1) is 11.3 Å². The van der Waals surface area contributed by atoms with E-state index >= 15 is 0 Å². The molecule has 27 heavy (non-hydrogen) atoms. The minimum absolute atomic E-state index is 0.264. The van der Waals surface area contributed by atoms with Gasteiger partial charge in [-0.25, -0.2) is 15.0 Å². The van der Waals surface area contributed by atoms with Gasteiger partial charge in [0.25, 0.3) is 0 Å². The van der Waals surface area contributed by atoms with Crippen LogP contribution in [0.1, 0.15) is 36.1 Å². The van der Waals surface area contributed by atoms with E-state index < -0.39 is 0 Å². The van der Waals surface area contributed by atoms with Gasteiger partial charge < -0.3 is 9.88 Å². The van der Waals surface area contributed by atoms with Crippen molar-refractivity contribution in [1.29, 1.82) is 5.26 Å². The molecule has 1 atom stereocenters. The Morgan fingerprint density at radius 1 is 1.19 bits per heavy atom. The van der Waals surface area contributed by atoms with Crippen LogP contribution in [-0.4, -0.2) is 35.9 Å². The van der Waals surface area contributed by atoms with Gasteiger partial charge in [0.1, 0.15) is 23.4 Å². The van der Waals surface area contributed by atoms with Gasteiger partial charge >= 0.3 is 0 Å². The van der Waals surface area contributed by atoms with Crippen molar-refractivity contribution < 1.29 is 0 Å². The highest BCUT2D eigenvalue weighted by Crippen LogP contribution is 2.31. The molecule has 3 aromatic rings. The predicted octanol–water partition coefficient (Wildman–Crippen LogP) is 2.56. The predicted molar refractivity (Wildman–Crippen MR) is 99.9 cm³/mol. The van der Waals surface area contributed by atoms with Crippen molar-refractivity contribution in [3.8, 4) is 6.07 Å². The Labute approximate surface area is 157 Å². The molecular weight excluding hydrogens is 340 g/mol. The molecule has 0 spiro atoms. The fourth-order valence-corrected chi connectivity index (χ4v) is 3.34. The maximum absolute atomic E-state index is 8.81. The molecule has 4 heterocycles. The van der Waals surface area contributed by atoms with Gasteiger partial charge in [-0.1, -0.05) is 0 Å². The third kappa shape index (κ3) is 3.78. The minimum Gasteiger partial charge on any atom is -0.338 e. The highest BCUT2D eigenvalue weighted by molar-refractivity contribution is 5.54. The number of hydrogen-bond donors (Lipinski definition) is 1. The molecule has 1 unspecified atom stereocenters. The molecule has 8 heteroatoms. The number of nitriles is 1. The first-order valence-electron chi connectivity index (χ1n) is 8.88. The summed E-state index contributed by atoms with van der Waals surface area (Å²) < 4.78 is 2.06. The molecule has 4 rings (SSSR count). The Balaban J connectivity index is 1.44. The number of likely N-dealkylation sites (tertiary alicyclic amines) is 1. The summed E-state index contributed by atoms with van der Waals surface area (Å²) in [6, 6.07) is 5.73. The molecule has 3 aromatic heterocycles. The van der Waals surface area contributed by atoms with Crippen LogP contribution in [0.15, 0.2) is 43.1 Å². The van der Waals surface area contributed by atoms with Crippen LogP contribution in [0.5, 0.6) is 0 Å². The standard InChI is InChI=1S/C19H20N8/c1-26-8-6-21-19(26)13-27-7-2-3-17(27)16-11-24-18(12-23-16)25-15-5-4-14(9-20)22-10-15/h4-6,8,10-12,17H,2-3,7,13H2,1H3,(H,24,25). The van der Waals surface area contributed by atoms with E-state index in [1.165, 1.54) is 0 Å². The average molecular weight is 360 g/mol. The molecule has 1 aliphatic heterocycles. The van der Waals surface area contributed by atoms with Gasteiger partial charge in [0.05, 0.1) is 42.6 Å². The Morgan fingerprint density at radius 3 is 2.78 bits per heavy atom. The van der Waals surface area contributed by atoms with E-state index in [0.29, 0.717) is 11.5 Å². The zero-order chi connectivity index (χ0) is 18.6. The first kappa shape index (κ1) is 17.1. The van der Waals surface area contributed by atoms with Gasteiger partial charge in [-0.3, -0.25) is 9.88 Å². The highest BCUT2D eigenvalue weighted by atomic mass is 15.2. The smallest absolute Gasteiger partial charge is 0.148 e. The fourth-order valence-electron chi connectivity index (χ4n) is 3.34. The van der Waals surface area contributed by atoms with Crippen LogP contribution in [0.3, 0.4) is 0 Å². The Kier molecular flexibility index (Phi) is 4.77. The maximum Gasteiger partial charge on any atom is 0.148 e. The number of hydrogen-bond acceptors (Lipinski definition) is 7. The molecular formula is C19H20N8. The van der Waals surface area contributed by atoms with E-state index in [-0.39, 0.29) is 6.04 Å². The number of aryl methyl sites for hydroxylation is 1. The largest absolute Gasteiger partial charge is 0.338 e. The number of nitrogens with zero attached hydrogens (tertiary/aromatic N) is 7. The zero-order valence-corrected chi connectivity index (χ0v) is 15.1. The summed E-state index contributed by atoms with van der Waals surface area (Å²) in [7, 11) is 2.02. The van der Waals surface area contributed by atoms with Crippen molar-refractivity contribution in [2.24, 2.45) is 7.05 Å². The monoisotopic (exact) mass is 360 g/mol. The first-order chi connectivity index (χ1) is 13.2. The van der Waals surface area contributed by atoms with E-state index in [4.69, 9.17) is 5.26 Å². The third-order valence-electron chi connectivity index (χ3n) is 4.79. The second-order valence-corrected chi connectivity index (χ2v) is 6.58. The lowest BCUT2D eigenvalue weighted by atomic mass is 10.1. The van der Waals surface area contributed by atoms with Crippen molar-refractivity contribution in [3.63, 3.8) is 0 Å². The lowest BCUT2D eigenvalue weighted by Gasteiger charge is -2.23. The molecule has 0 saturated carbocycles. The molecule has 1 N–H and O–H groups in total. The van der Waals surface area contributed by atoms with Gasteiger partial charge in [0.15, 0.2) is 0 Å². The quantitative estimate of drug-likeness (QED) is 0.747. The van der Waals surface area contributed by atoms with Crippen molar-refractivity contribution in [2.75, 3.05) is 11.9 Å². The second-order valence-electron chi connectivity index (χ2n) is 6.58. The molecule has 0 aromatic carbocycles. The van der Waals surface area contributed by atoms with Gasteiger partial charge in [-0.2, -0.15) is 5.26 Å². The highest BCUT2D eigenvalue weighted by Gasteiger charge is 2.28. The van der Waals surface area contributed by atoms with Crippen LogP contribution in [-0.2, 0) is 13.6 Å². The van der Waals surface area contributed by atoms with Crippen molar-refractivity contribution in [1.82, 2.24) is 29.4 Å². The van der Waals surface area contributed by atoms with E-state index in [0.717, 1.165) is 43.1 Å². The topological polar surface area (TPSA) is 95.6 Å². The van der Waals surface area contributed by atoms with E-state index in [1.54, 1.807) is 24.5 Å². The van der Waals surface area contributed by atoms with E-state index in [2.05, 4.69) is 34.7 Å². The van der Waals surface area contributed by atoms with E-state index in [1.807, 2.05) is 31.7 Å². The molecule has 0 amide bonds. The summed E-state index contributed by atoms with van der Waals surface area (Å²) >= 11 is 0. The van der Waals surface area contributed by atoms with Crippen LogP contribution < -0.4 is 5.32 Å². The molecule has 0 radical (unpaired) electrons. The number of rotatable bonds is 5. The van der Waals surface area contributed by atoms with Crippen molar-refractivity contribution >= 4 is 11.5 Å². The molecule has 8 nitrogen and oxygen atoms in total. The third-order valence-corrected chi connectivity index (χ3v) is 4.79. The maximum atomic E-state index is 8.81. The molecule has 1 saturated heterocycles. The van der Waals surface area contributed by atoms with Crippen LogP contribution in [0.4, 0.5) is 11.5 Å². The molecule has 1 aliphatic rings. The number of imidazole rings is 1. The first-order valence-corrected chi connectivity index (χ1v) is 8.88. The number of aromatic nitrogens is 5. The molecule has 1 fully saturated rings. The number of pyridine rings is 1. The summed E-state index contributed by atoms with van der Waals surface area (Å²) in [5, 5.41) is 12.0. The lowest BCUT2D eigenvalue weighted by Crippen LogP contribution is -2.25. The van der Waals surface area contributed by atoms with Gasteiger partial charge in [0, 0.05) is 19.4 Å². The zero-order valence-electron chi connectivity index (χ0n) is 15.1. The SMILES string of the molecule is Cn1ccnc1CN1CCCC1c1cnc(Nc2ccc(C#N)nc2)cn1. The fraction of sp³-hybridized carbons (Fsp3) is 0.316. The molecule has 0 bridgehead atoms. The van der Waals surface area contributed by atoms with Gasteiger partial charge in [-0.05, 0) is 31.5 Å². The second kappa shape index (κ2) is 7.51. The summed E-state index contributed by atoms with van der Waals surface area (Å²) in [6.45, 7) is 1.85. The summed E-state index contributed by atoms with van der Waals surface area (Å²) in [5.41, 5.74) is 2.13. The van der Waals surface area contributed by atoms with Gasteiger partial charge in [0.2, 0.25) is 0 Å². The Bertz CT molecular complexity index is 939.